The molecule has 4 nitrogen and oxygen atoms in total. The number of hydrogen-bond acceptors (Lipinski definition) is 4. The molecule has 0 spiro atoms. The van der Waals surface area contributed by atoms with Crippen molar-refractivity contribution in [2.24, 2.45) is 5.92 Å². The minimum Gasteiger partial charge on any atom is -0.378 e. The van der Waals surface area contributed by atoms with Crippen molar-refractivity contribution < 1.29 is 18.9 Å². The van der Waals surface area contributed by atoms with E-state index in [9.17, 15) is 0 Å². The van der Waals surface area contributed by atoms with E-state index >= 15 is 0 Å². The van der Waals surface area contributed by atoms with Gasteiger partial charge in [0.1, 0.15) is 12.2 Å². The third-order valence-corrected chi connectivity index (χ3v) is 2.85. The maximum Gasteiger partial charge on any atom is 0.104 e. The van der Waals surface area contributed by atoms with Gasteiger partial charge in [0.25, 0.3) is 0 Å². The zero-order valence-corrected chi connectivity index (χ0v) is 10.0. The van der Waals surface area contributed by atoms with Crippen LogP contribution in [-0.4, -0.2) is 51.3 Å². The summed E-state index contributed by atoms with van der Waals surface area (Å²) < 4.78 is 21.5. The molecule has 96 valence electrons. The lowest BCUT2D eigenvalue weighted by atomic mass is 10.0. The van der Waals surface area contributed by atoms with Crippen molar-refractivity contribution in [3.05, 3.63) is 25.3 Å². The molecule has 0 amide bonds. The molecule has 2 aliphatic rings. The molecule has 2 rings (SSSR count). The maximum atomic E-state index is 5.72. The Morgan fingerprint density at radius 1 is 1.12 bits per heavy atom. The summed E-state index contributed by atoms with van der Waals surface area (Å²) in [5.41, 5.74) is 0. The van der Waals surface area contributed by atoms with Crippen molar-refractivity contribution in [1.29, 1.82) is 0 Å². The molecule has 2 saturated heterocycles. The molecular weight excluding hydrogens is 220 g/mol. The molecular formula is C13H20O4. The zero-order valence-electron chi connectivity index (χ0n) is 10.0. The lowest BCUT2D eigenvalue weighted by molar-refractivity contribution is 0.00993. The number of epoxide rings is 2. The fourth-order valence-corrected chi connectivity index (χ4v) is 1.55. The van der Waals surface area contributed by atoms with E-state index in [1.54, 1.807) is 6.08 Å². The highest BCUT2D eigenvalue weighted by Crippen LogP contribution is 2.17. The highest BCUT2D eigenvalue weighted by Gasteiger charge is 2.27. The topological polar surface area (TPSA) is 43.5 Å². The molecule has 0 aromatic heterocycles. The summed E-state index contributed by atoms with van der Waals surface area (Å²) in [6, 6.07) is 0. The number of hydrogen-bond donors (Lipinski definition) is 0. The fourth-order valence-electron chi connectivity index (χ4n) is 1.55. The average Bonchev–Trinajstić information content (AvgIpc) is 3.20. The second-order valence-electron chi connectivity index (χ2n) is 4.38. The van der Waals surface area contributed by atoms with Crippen LogP contribution in [0.3, 0.4) is 0 Å². The second kappa shape index (κ2) is 6.31. The van der Waals surface area contributed by atoms with Gasteiger partial charge in [-0.05, 0) is 0 Å². The summed E-state index contributed by atoms with van der Waals surface area (Å²) in [6.45, 7) is 11.1. The van der Waals surface area contributed by atoms with Crippen LogP contribution in [0.25, 0.3) is 0 Å². The maximum absolute atomic E-state index is 5.72. The Morgan fingerprint density at radius 3 is 2.29 bits per heavy atom. The van der Waals surface area contributed by atoms with E-state index in [2.05, 4.69) is 13.2 Å². The van der Waals surface area contributed by atoms with Crippen LogP contribution >= 0.6 is 0 Å². The molecule has 4 unspecified atom stereocenters. The summed E-state index contributed by atoms with van der Waals surface area (Å²) >= 11 is 0. The Bertz CT molecular complexity index is 258. The van der Waals surface area contributed by atoms with Gasteiger partial charge in [0.15, 0.2) is 0 Å². The van der Waals surface area contributed by atoms with Gasteiger partial charge in [-0.3, -0.25) is 0 Å². The molecule has 4 atom stereocenters. The van der Waals surface area contributed by atoms with Gasteiger partial charge in [-0.2, -0.15) is 0 Å². The summed E-state index contributed by atoms with van der Waals surface area (Å²) in [5, 5.41) is 0. The first-order chi connectivity index (χ1) is 8.33. The summed E-state index contributed by atoms with van der Waals surface area (Å²) in [4.78, 5) is 0. The van der Waals surface area contributed by atoms with Crippen molar-refractivity contribution in [2.75, 3.05) is 33.0 Å². The third kappa shape index (κ3) is 4.60. The minimum absolute atomic E-state index is 0.0585. The first-order valence-corrected chi connectivity index (χ1v) is 6.01. The molecule has 0 N–H and O–H groups in total. The van der Waals surface area contributed by atoms with Gasteiger partial charge in [0.05, 0.1) is 39.1 Å². The highest BCUT2D eigenvalue weighted by molar-refractivity contribution is 4.95. The van der Waals surface area contributed by atoms with Gasteiger partial charge < -0.3 is 18.9 Å². The highest BCUT2D eigenvalue weighted by atomic mass is 16.6. The van der Waals surface area contributed by atoms with Crippen LogP contribution < -0.4 is 0 Å². The lowest BCUT2D eigenvalue weighted by Gasteiger charge is -2.21. The van der Waals surface area contributed by atoms with Crippen molar-refractivity contribution in [3.8, 4) is 0 Å². The quantitative estimate of drug-likeness (QED) is 0.425. The molecule has 2 heterocycles. The first kappa shape index (κ1) is 12.8. The summed E-state index contributed by atoms with van der Waals surface area (Å²) in [6.07, 6.45) is 4.16. The van der Waals surface area contributed by atoms with Gasteiger partial charge >= 0.3 is 0 Å². The molecule has 2 aliphatic heterocycles. The van der Waals surface area contributed by atoms with Crippen molar-refractivity contribution in [1.82, 2.24) is 0 Å². The standard InChI is InChI=1S/C13H20O4/c1-3-10(5-14-6-11-7-15-11)13(4-2)17-9-12-8-16-12/h3-4,10-13H,1-2,5-9H2. The van der Waals surface area contributed by atoms with Crippen LogP contribution in [0.2, 0.25) is 0 Å². The van der Waals surface area contributed by atoms with Gasteiger partial charge in [0.2, 0.25) is 0 Å². The van der Waals surface area contributed by atoms with E-state index in [0.29, 0.717) is 25.9 Å². The van der Waals surface area contributed by atoms with Crippen molar-refractivity contribution in [3.63, 3.8) is 0 Å². The first-order valence-electron chi connectivity index (χ1n) is 6.01. The molecule has 0 aromatic carbocycles. The van der Waals surface area contributed by atoms with Crippen LogP contribution in [0.4, 0.5) is 0 Å². The van der Waals surface area contributed by atoms with Crippen LogP contribution in [0.15, 0.2) is 25.3 Å². The zero-order chi connectivity index (χ0) is 12.1. The van der Waals surface area contributed by atoms with Gasteiger partial charge in [-0.25, -0.2) is 0 Å². The van der Waals surface area contributed by atoms with E-state index in [1.807, 2.05) is 6.08 Å². The Labute approximate surface area is 102 Å². The van der Waals surface area contributed by atoms with Crippen molar-refractivity contribution >= 4 is 0 Å². The molecule has 0 saturated carbocycles. The summed E-state index contributed by atoms with van der Waals surface area (Å²) in [7, 11) is 0. The molecule has 0 radical (unpaired) electrons. The predicted molar refractivity (Wildman–Crippen MR) is 63.9 cm³/mol. The smallest absolute Gasteiger partial charge is 0.104 e. The van der Waals surface area contributed by atoms with Gasteiger partial charge in [0, 0.05) is 5.92 Å². The van der Waals surface area contributed by atoms with E-state index in [-0.39, 0.29) is 18.1 Å². The Hall–Kier alpha value is -0.680. The Kier molecular flexibility index (Phi) is 4.74. The van der Waals surface area contributed by atoms with E-state index in [1.165, 1.54) is 0 Å². The van der Waals surface area contributed by atoms with Crippen LogP contribution in [0.5, 0.6) is 0 Å². The second-order valence-corrected chi connectivity index (χ2v) is 4.38. The van der Waals surface area contributed by atoms with Crippen LogP contribution in [0.1, 0.15) is 0 Å². The van der Waals surface area contributed by atoms with Crippen molar-refractivity contribution in [2.45, 2.75) is 18.3 Å². The molecule has 4 heteroatoms. The molecule has 17 heavy (non-hydrogen) atoms. The Morgan fingerprint density at radius 2 is 1.76 bits per heavy atom. The number of rotatable bonds is 10. The summed E-state index contributed by atoms with van der Waals surface area (Å²) in [5.74, 6) is 0.130. The largest absolute Gasteiger partial charge is 0.378 e. The monoisotopic (exact) mass is 240 g/mol. The minimum atomic E-state index is -0.0585. The molecule has 0 aromatic rings. The third-order valence-electron chi connectivity index (χ3n) is 2.85. The fraction of sp³-hybridized carbons (Fsp3) is 0.692. The molecule has 0 aliphatic carbocycles. The van der Waals surface area contributed by atoms with Crippen LogP contribution in [0, 0.1) is 5.92 Å². The van der Waals surface area contributed by atoms with Crippen LogP contribution in [-0.2, 0) is 18.9 Å². The lowest BCUT2D eigenvalue weighted by Crippen LogP contribution is -2.26. The van der Waals surface area contributed by atoms with Gasteiger partial charge in [-0.1, -0.05) is 12.2 Å². The molecule has 2 fully saturated rings. The Balaban J connectivity index is 1.67. The van der Waals surface area contributed by atoms with Gasteiger partial charge in [-0.15, -0.1) is 13.2 Å². The van der Waals surface area contributed by atoms with E-state index in [4.69, 9.17) is 18.9 Å². The molecule has 0 bridgehead atoms. The number of ether oxygens (including phenoxy) is 4. The predicted octanol–water partition coefficient (Wildman–Crippen LogP) is 1.17. The van der Waals surface area contributed by atoms with E-state index < -0.39 is 0 Å². The SMILES string of the molecule is C=CC(COCC1CO1)C(C=C)OCC1CO1. The normalized spacial score (nSPS) is 29.4. The average molecular weight is 240 g/mol. The van der Waals surface area contributed by atoms with E-state index in [0.717, 1.165) is 13.2 Å².